The minimum atomic E-state index is 1.21. The van der Waals surface area contributed by atoms with Gasteiger partial charge in [-0.15, -0.1) is 0 Å². The van der Waals surface area contributed by atoms with Crippen LogP contribution in [-0.2, 0) is 0 Å². The monoisotopic (exact) mass is 343 g/mol. The SMILES string of the molecule is Ic1cc2c3ccccc3[nH]c2c2ccccc12. The van der Waals surface area contributed by atoms with Crippen LogP contribution in [0.3, 0.4) is 0 Å². The fourth-order valence-corrected chi connectivity index (χ4v) is 3.42. The van der Waals surface area contributed by atoms with Crippen molar-refractivity contribution in [1.82, 2.24) is 4.98 Å². The number of halogens is 1. The number of hydrogen-bond donors (Lipinski definition) is 1. The van der Waals surface area contributed by atoms with Gasteiger partial charge in [0.15, 0.2) is 0 Å². The second-order valence-electron chi connectivity index (χ2n) is 4.50. The summed E-state index contributed by atoms with van der Waals surface area (Å²) in [5.41, 5.74) is 2.45. The molecule has 18 heavy (non-hydrogen) atoms. The summed E-state index contributed by atoms with van der Waals surface area (Å²) in [7, 11) is 0. The minimum absolute atomic E-state index is 1.21. The van der Waals surface area contributed by atoms with Crippen molar-refractivity contribution in [3.8, 4) is 0 Å². The van der Waals surface area contributed by atoms with Crippen molar-refractivity contribution in [2.75, 3.05) is 0 Å². The van der Waals surface area contributed by atoms with Gasteiger partial charge in [0.1, 0.15) is 0 Å². The first-order chi connectivity index (χ1) is 8.84. The maximum absolute atomic E-state index is 3.54. The average Bonchev–Trinajstić information content (AvgIpc) is 2.78. The van der Waals surface area contributed by atoms with Crippen LogP contribution >= 0.6 is 22.6 Å². The number of hydrogen-bond acceptors (Lipinski definition) is 0. The molecule has 0 aliphatic rings. The lowest BCUT2D eigenvalue weighted by Gasteiger charge is -2.02. The third-order valence-electron chi connectivity index (χ3n) is 3.47. The molecule has 0 fully saturated rings. The molecule has 1 N–H and O–H groups in total. The number of aromatic nitrogens is 1. The molecule has 0 amide bonds. The number of nitrogens with one attached hydrogen (secondary N) is 1. The summed E-state index contributed by atoms with van der Waals surface area (Å²) in [6.07, 6.45) is 0. The van der Waals surface area contributed by atoms with Crippen molar-refractivity contribution in [2.45, 2.75) is 0 Å². The predicted octanol–water partition coefficient (Wildman–Crippen LogP) is 5.08. The molecule has 0 spiro atoms. The van der Waals surface area contributed by atoms with Crippen molar-refractivity contribution in [1.29, 1.82) is 0 Å². The van der Waals surface area contributed by atoms with Crippen molar-refractivity contribution >= 4 is 55.2 Å². The van der Waals surface area contributed by atoms with E-state index in [1.807, 2.05) is 0 Å². The van der Waals surface area contributed by atoms with Gasteiger partial charge in [0.05, 0.1) is 5.52 Å². The van der Waals surface area contributed by atoms with Gasteiger partial charge in [-0.05, 0) is 40.1 Å². The van der Waals surface area contributed by atoms with E-state index in [0.717, 1.165) is 0 Å². The van der Waals surface area contributed by atoms with E-state index in [4.69, 9.17) is 0 Å². The molecule has 3 aromatic carbocycles. The molecule has 2 heteroatoms. The predicted molar refractivity (Wildman–Crippen MR) is 86.0 cm³/mol. The first-order valence-corrected chi connectivity index (χ1v) is 7.00. The van der Waals surface area contributed by atoms with Gasteiger partial charge in [-0.1, -0.05) is 42.5 Å². The molecule has 0 bridgehead atoms. The molecular formula is C16H10IN. The third kappa shape index (κ3) is 1.32. The quantitative estimate of drug-likeness (QED) is 0.429. The highest BCUT2D eigenvalue weighted by Crippen LogP contribution is 2.33. The number of H-pyrrole nitrogens is 1. The maximum Gasteiger partial charge on any atom is 0.0545 e. The average molecular weight is 343 g/mol. The lowest BCUT2D eigenvalue weighted by atomic mass is 10.1. The van der Waals surface area contributed by atoms with Crippen molar-refractivity contribution in [3.05, 3.63) is 58.2 Å². The molecule has 0 saturated heterocycles. The van der Waals surface area contributed by atoms with E-state index in [9.17, 15) is 0 Å². The fourth-order valence-electron chi connectivity index (χ4n) is 2.64. The van der Waals surface area contributed by atoms with Gasteiger partial charge in [-0.3, -0.25) is 0 Å². The van der Waals surface area contributed by atoms with E-state index in [2.05, 4.69) is 82.2 Å². The van der Waals surface area contributed by atoms with Crippen molar-refractivity contribution < 1.29 is 0 Å². The molecule has 1 heterocycles. The highest BCUT2D eigenvalue weighted by Gasteiger charge is 2.09. The maximum atomic E-state index is 3.54. The van der Waals surface area contributed by atoms with Gasteiger partial charge in [0, 0.05) is 25.2 Å². The number of para-hydroxylation sites is 1. The molecule has 0 unspecified atom stereocenters. The largest absolute Gasteiger partial charge is 0.354 e. The number of fused-ring (bicyclic) bond motifs is 5. The molecule has 4 rings (SSSR count). The zero-order valence-corrected chi connectivity index (χ0v) is 11.7. The zero-order valence-electron chi connectivity index (χ0n) is 9.57. The highest BCUT2D eigenvalue weighted by atomic mass is 127. The summed E-state index contributed by atoms with van der Waals surface area (Å²) in [5, 5.41) is 5.23. The second-order valence-corrected chi connectivity index (χ2v) is 5.66. The van der Waals surface area contributed by atoms with Crippen LogP contribution in [0, 0.1) is 3.57 Å². The Labute approximate surface area is 118 Å². The minimum Gasteiger partial charge on any atom is -0.354 e. The summed E-state index contributed by atoms with van der Waals surface area (Å²) >= 11 is 2.42. The van der Waals surface area contributed by atoms with E-state index in [0.29, 0.717) is 0 Å². The molecule has 0 radical (unpaired) electrons. The van der Waals surface area contributed by atoms with E-state index >= 15 is 0 Å². The van der Waals surface area contributed by atoms with Crippen LogP contribution in [0.4, 0.5) is 0 Å². The van der Waals surface area contributed by atoms with Crippen LogP contribution in [0.25, 0.3) is 32.6 Å². The molecule has 0 saturated carbocycles. The summed E-state index contributed by atoms with van der Waals surface area (Å²) < 4.78 is 1.31. The highest BCUT2D eigenvalue weighted by molar-refractivity contribution is 14.1. The molecule has 1 nitrogen and oxygen atoms in total. The Morgan fingerprint density at radius 3 is 2.22 bits per heavy atom. The second kappa shape index (κ2) is 3.72. The lowest BCUT2D eigenvalue weighted by Crippen LogP contribution is -1.79. The van der Waals surface area contributed by atoms with Gasteiger partial charge in [0.2, 0.25) is 0 Å². The molecular weight excluding hydrogens is 333 g/mol. The van der Waals surface area contributed by atoms with Crippen LogP contribution in [-0.4, -0.2) is 4.98 Å². The van der Waals surface area contributed by atoms with Gasteiger partial charge >= 0.3 is 0 Å². The Kier molecular flexibility index (Phi) is 2.14. The van der Waals surface area contributed by atoms with Crippen molar-refractivity contribution in [3.63, 3.8) is 0 Å². The fraction of sp³-hybridized carbons (Fsp3) is 0. The van der Waals surface area contributed by atoms with Crippen LogP contribution in [0.5, 0.6) is 0 Å². The van der Waals surface area contributed by atoms with Crippen LogP contribution < -0.4 is 0 Å². The Morgan fingerprint density at radius 1 is 0.722 bits per heavy atom. The van der Waals surface area contributed by atoms with E-state index < -0.39 is 0 Å². The van der Waals surface area contributed by atoms with Gasteiger partial charge in [-0.2, -0.15) is 0 Å². The Bertz CT molecular complexity index is 889. The van der Waals surface area contributed by atoms with E-state index in [1.165, 1.54) is 36.1 Å². The van der Waals surface area contributed by atoms with Crippen LogP contribution in [0.15, 0.2) is 54.6 Å². The molecule has 1 aromatic heterocycles. The first kappa shape index (κ1) is 10.4. The van der Waals surface area contributed by atoms with Crippen LogP contribution in [0.1, 0.15) is 0 Å². The zero-order chi connectivity index (χ0) is 12.1. The van der Waals surface area contributed by atoms with Crippen LogP contribution in [0.2, 0.25) is 0 Å². The van der Waals surface area contributed by atoms with E-state index in [1.54, 1.807) is 0 Å². The molecule has 0 aliphatic carbocycles. The molecule has 0 atom stereocenters. The summed E-state index contributed by atoms with van der Waals surface area (Å²) in [6.45, 7) is 0. The lowest BCUT2D eigenvalue weighted by molar-refractivity contribution is 1.56. The normalized spacial score (nSPS) is 11.6. The number of benzene rings is 3. The summed E-state index contributed by atoms with van der Waals surface area (Å²) in [6, 6.07) is 19.3. The third-order valence-corrected chi connectivity index (χ3v) is 4.36. The molecule has 4 aromatic rings. The topological polar surface area (TPSA) is 15.8 Å². The Balaban J connectivity index is 2.36. The summed E-state index contributed by atoms with van der Waals surface area (Å²) in [4.78, 5) is 3.54. The summed E-state index contributed by atoms with van der Waals surface area (Å²) in [5.74, 6) is 0. The van der Waals surface area contributed by atoms with Gasteiger partial charge in [0.25, 0.3) is 0 Å². The molecule has 0 aliphatic heterocycles. The van der Waals surface area contributed by atoms with Gasteiger partial charge in [-0.25, -0.2) is 0 Å². The Morgan fingerprint density at radius 2 is 1.39 bits per heavy atom. The standard InChI is InChI=1S/C16H10IN/c17-14-9-13-11-6-3-4-8-15(11)18-16(13)12-7-2-1-5-10(12)14/h1-9,18H. The number of rotatable bonds is 0. The molecule has 86 valence electrons. The van der Waals surface area contributed by atoms with Gasteiger partial charge < -0.3 is 4.98 Å². The van der Waals surface area contributed by atoms with E-state index in [-0.39, 0.29) is 0 Å². The number of aromatic amines is 1. The Hall–Kier alpha value is -1.55. The smallest absolute Gasteiger partial charge is 0.0545 e. The van der Waals surface area contributed by atoms with Crippen molar-refractivity contribution in [2.24, 2.45) is 0 Å². The first-order valence-electron chi connectivity index (χ1n) is 5.92.